The molecule has 0 aliphatic carbocycles. The van der Waals surface area contributed by atoms with Crippen molar-refractivity contribution in [3.63, 3.8) is 0 Å². The quantitative estimate of drug-likeness (QED) is 0.481. The number of fused-ring (bicyclic) bond motifs is 1. The molecule has 7 nitrogen and oxygen atoms in total. The Morgan fingerprint density at radius 3 is 2.58 bits per heavy atom. The predicted molar refractivity (Wildman–Crippen MR) is 117 cm³/mol. The van der Waals surface area contributed by atoms with Gasteiger partial charge in [-0.3, -0.25) is 9.59 Å². The zero-order chi connectivity index (χ0) is 22.0. The first-order valence-corrected chi connectivity index (χ1v) is 10.4. The molecule has 2 atom stereocenters. The molecule has 0 N–H and O–H groups in total. The Bertz CT molecular complexity index is 1100. The van der Waals surface area contributed by atoms with Gasteiger partial charge >= 0.3 is 0 Å². The van der Waals surface area contributed by atoms with Crippen LogP contribution in [-0.4, -0.2) is 53.4 Å². The minimum absolute atomic E-state index is 0.0227. The number of aromatic nitrogens is 1. The second-order valence-electron chi connectivity index (χ2n) is 7.78. The van der Waals surface area contributed by atoms with Crippen LogP contribution < -0.4 is 9.47 Å². The zero-order valence-electron chi connectivity index (χ0n) is 17.6. The molecule has 0 unspecified atom stereocenters. The van der Waals surface area contributed by atoms with Gasteiger partial charge in [0, 0.05) is 43.4 Å². The maximum atomic E-state index is 13.1. The number of rotatable bonds is 4. The molecule has 1 fully saturated rings. The van der Waals surface area contributed by atoms with Crippen LogP contribution in [-0.2, 0) is 4.79 Å². The fraction of sp³-hybridized carbons (Fsp3) is 0.292. The van der Waals surface area contributed by atoms with Crippen molar-refractivity contribution < 1.29 is 19.1 Å². The first-order chi connectivity index (χ1) is 15.0. The van der Waals surface area contributed by atoms with Crippen LogP contribution in [0.4, 0.5) is 0 Å². The molecule has 2 heterocycles. The summed E-state index contributed by atoms with van der Waals surface area (Å²) in [6, 6.07) is 17.7. The van der Waals surface area contributed by atoms with Crippen LogP contribution in [0.25, 0.3) is 10.9 Å². The highest BCUT2D eigenvalue weighted by Crippen LogP contribution is 2.25. The first-order valence-electron chi connectivity index (χ1n) is 10.4. The van der Waals surface area contributed by atoms with Crippen molar-refractivity contribution in [2.75, 3.05) is 19.6 Å². The number of nitrogens with zero attached hydrogens (tertiary/aromatic N) is 3. The summed E-state index contributed by atoms with van der Waals surface area (Å²) >= 11 is 0. The summed E-state index contributed by atoms with van der Waals surface area (Å²) in [5, 5.41) is 12.6. The zero-order valence-corrected chi connectivity index (χ0v) is 17.6. The Morgan fingerprint density at radius 2 is 1.84 bits per heavy atom. The summed E-state index contributed by atoms with van der Waals surface area (Å²) in [5.74, 6) is 0.335. The third-order valence-corrected chi connectivity index (χ3v) is 5.63. The van der Waals surface area contributed by atoms with Gasteiger partial charge in [0.2, 0.25) is 5.52 Å². The van der Waals surface area contributed by atoms with Gasteiger partial charge in [0.25, 0.3) is 11.8 Å². The molecule has 160 valence electrons. The van der Waals surface area contributed by atoms with Gasteiger partial charge in [-0.1, -0.05) is 24.3 Å². The van der Waals surface area contributed by atoms with Crippen molar-refractivity contribution in [3.8, 4) is 5.75 Å². The molecule has 7 heteroatoms. The smallest absolute Gasteiger partial charge is 0.263 e. The highest BCUT2D eigenvalue weighted by Gasteiger charge is 2.33. The van der Waals surface area contributed by atoms with Gasteiger partial charge in [-0.2, -0.15) is 4.73 Å². The van der Waals surface area contributed by atoms with Crippen molar-refractivity contribution in [3.05, 3.63) is 77.6 Å². The molecule has 1 saturated heterocycles. The van der Waals surface area contributed by atoms with Crippen LogP contribution in [0.1, 0.15) is 24.2 Å². The Kier molecular flexibility index (Phi) is 5.75. The van der Waals surface area contributed by atoms with Gasteiger partial charge in [0.1, 0.15) is 5.75 Å². The van der Waals surface area contributed by atoms with Crippen LogP contribution in [0.2, 0.25) is 0 Å². The third kappa shape index (κ3) is 4.17. The molecule has 0 spiro atoms. The van der Waals surface area contributed by atoms with Crippen molar-refractivity contribution in [1.29, 1.82) is 0 Å². The maximum absolute atomic E-state index is 13.1. The summed E-state index contributed by atoms with van der Waals surface area (Å²) in [5.41, 5.74) is 1.14. The summed E-state index contributed by atoms with van der Waals surface area (Å²) in [6.07, 6.45) is 0.711. The van der Waals surface area contributed by atoms with Gasteiger partial charge in [-0.05, 0) is 38.1 Å². The van der Waals surface area contributed by atoms with E-state index in [2.05, 4.69) is 0 Å². The van der Waals surface area contributed by atoms with Gasteiger partial charge in [-0.15, -0.1) is 0 Å². The number of carbonyl (C=O) groups excluding carboxylic acids is 2. The molecule has 31 heavy (non-hydrogen) atoms. The first kappa shape index (κ1) is 20.7. The Balaban J connectivity index is 1.43. The fourth-order valence-corrected chi connectivity index (χ4v) is 4.00. The minimum atomic E-state index is -0.718. The predicted octanol–water partition coefficient (Wildman–Crippen LogP) is 2.61. The number of hydrogen-bond donors (Lipinski definition) is 0. The number of hydrogen-bond acceptors (Lipinski definition) is 4. The molecule has 4 rings (SSSR count). The van der Waals surface area contributed by atoms with Crippen molar-refractivity contribution >= 4 is 22.7 Å². The second-order valence-corrected chi connectivity index (χ2v) is 7.78. The molecule has 2 aromatic carbocycles. The Labute approximate surface area is 181 Å². The van der Waals surface area contributed by atoms with E-state index >= 15 is 0 Å². The van der Waals surface area contributed by atoms with E-state index in [4.69, 9.17) is 4.74 Å². The second kappa shape index (κ2) is 8.63. The molecule has 1 aliphatic heterocycles. The van der Waals surface area contributed by atoms with E-state index in [1.807, 2.05) is 25.1 Å². The average Bonchev–Trinajstić information content (AvgIpc) is 2.79. The number of amides is 2. The van der Waals surface area contributed by atoms with Crippen molar-refractivity contribution in [2.45, 2.75) is 26.0 Å². The number of benzene rings is 2. The van der Waals surface area contributed by atoms with E-state index in [1.54, 1.807) is 59.2 Å². The molecule has 2 amide bonds. The topological polar surface area (TPSA) is 76.8 Å². The van der Waals surface area contributed by atoms with E-state index in [0.29, 0.717) is 41.9 Å². The van der Waals surface area contributed by atoms with E-state index < -0.39 is 6.10 Å². The number of pyridine rings is 1. The molecule has 0 radical (unpaired) electrons. The van der Waals surface area contributed by atoms with Crippen molar-refractivity contribution in [2.24, 2.45) is 0 Å². The lowest BCUT2D eigenvalue weighted by Gasteiger charge is -2.40. The number of ether oxygens (including phenoxy) is 1. The molecular formula is C24H25N3O4. The average molecular weight is 419 g/mol. The lowest BCUT2D eigenvalue weighted by Crippen LogP contribution is -2.57. The van der Waals surface area contributed by atoms with Crippen LogP contribution in [0.3, 0.4) is 0 Å². The van der Waals surface area contributed by atoms with Gasteiger partial charge in [0.05, 0.1) is 5.39 Å². The molecule has 1 aromatic heterocycles. The van der Waals surface area contributed by atoms with Crippen molar-refractivity contribution in [1.82, 2.24) is 9.80 Å². The summed E-state index contributed by atoms with van der Waals surface area (Å²) < 4.78 is 6.74. The highest BCUT2D eigenvalue weighted by atomic mass is 16.5. The molecule has 3 aromatic rings. The van der Waals surface area contributed by atoms with E-state index in [9.17, 15) is 14.8 Å². The van der Waals surface area contributed by atoms with E-state index in [1.165, 1.54) is 6.20 Å². The Morgan fingerprint density at radius 1 is 1.06 bits per heavy atom. The largest absolute Gasteiger partial charge is 0.618 e. The molecule has 0 bridgehead atoms. The van der Waals surface area contributed by atoms with Crippen LogP contribution >= 0.6 is 0 Å². The van der Waals surface area contributed by atoms with Gasteiger partial charge in [0.15, 0.2) is 12.3 Å². The third-order valence-electron chi connectivity index (χ3n) is 5.63. The van der Waals surface area contributed by atoms with Crippen LogP contribution in [0, 0.1) is 5.21 Å². The summed E-state index contributed by atoms with van der Waals surface area (Å²) in [6.45, 7) is 5.04. The van der Waals surface area contributed by atoms with E-state index in [-0.39, 0.29) is 17.9 Å². The highest BCUT2D eigenvalue weighted by molar-refractivity contribution is 5.94. The number of carbonyl (C=O) groups is 2. The normalized spacial score (nSPS) is 17.4. The van der Waals surface area contributed by atoms with Gasteiger partial charge < -0.3 is 19.7 Å². The molecule has 1 aliphatic rings. The molecule has 0 saturated carbocycles. The van der Waals surface area contributed by atoms with Crippen LogP contribution in [0.5, 0.6) is 5.75 Å². The standard InChI is InChI=1S/C24H25N3O4/c1-17-16-25(24(29)19-8-4-3-5-9-19)14-15-26(17)23(28)18(2)31-22-12-6-11-21-20(22)10-7-13-27(21)30/h3-13,17-18H,14-16H2,1-2H3/t17-,18+/m1/s1. The maximum Gasteiger partial charge on any atom is 0.263 e. The summed E-state index contributed by atoms with van der Waals surface area (Å²) in [7, 11) is 0. The fourth-order valence-electron chi connectivity index (χ4n) is 4.00. The molecular weight excluding hydrogens is 394 g/mol. The Hall–Kier alpha value is -3.61. The summed E-state index contributed by atoms with van der Waals surface area (Å²) in [4.78, 5) is 29.4. The van der Waals surface area contributed by atoms with E-state index in [0.717, 1.165) is 4.73 Å². The monoisotopic (exact) mass is 419 g/mol. The lowest BCUT2D eigenvalue weighted by molar-refractivity contribution is -0.577. The minimum Gasteiger partial charge on any atom is -0.618 e. The van der Waals surface area contributed by atoms with Gasteiger partial charge in [-0.25, -0.2) is 0 Å². The lowest BCUT2D eigenvalue weighted by atomic mass is 10.1. The SMILES string of the molecule is C[C@H](Oc1cccc2c1ccc[n+]2[O-])C(=O)N1CCN(C(=O)c2ccccc2)C[C@H]1C. The van der Waals surface area contributed by atoms with Crippen LogP contribution in [0.15, 0.2) is 66.9 Å². The number of piperazine rings is 1.